The number of aryl methyl sites for hydroxylation is 1. The zero-order chi connectivity index (χ0) is 14.5. The maximum atomic E-state index is 6.35. The highest BCUT2D eigenvalue weighted by Gasteiger charge is 2.16. The number of aromatic nitrogens is 1. The highest BCUT2D eigenvalue weighted by atomic mass is 16.5. The van der Waals surface area contributed by atoms with Crippen LogP contribution in [0.2, 0.25) is 0 Å². The lowest BCUT2D eigenvalue weighted by Gasteiger charge is -2.17. The van der Waals surface area contributed by atoms with Crippen LogP contribution in [-0.2, 0) is 6.42 Å². The van der Waals surface area contributed by atoms with Crippen LogP contribution in [-0.4, -0.2) is 19.2 Å². The lowest BCUT2D eigenvalue weighted by Crippen LogP contribution is -2.15. The molecule has 0 amide bonds. The van der Waals surface area contributed by atoms with E-state index < -0.39 is 0 Å². The van der Waals surface area contributed by atoms with Crippen molar-refractivity contribution in [1.82, 2.24) is 4.98 Å². The molecule has 2 aromatic rings. The van der Waals surface area contributed by atoms with Gasteiger partial charge in [-0.05, 0) is 35.7 Å². The second kappa shape index (κ2) is 6.39. The summed E-state index contributed by atoms with van der Waals surface area (Å²) in [5.41, 5.74) is 9.37. The van der Waals surface area contributed by atoms with E-state index in [1.54, 1.807) is 20.4 Å². The van der Waals surface area contributed by atoms with Gasteiger partial charge < -0.3 is 15.2 Å². The average molecular weight is 272 g/mol. The molecule has 0 saturated carbocycles. The standard InChI is InChI=1S/C16H20N2O2/c1-4-11-6-5-9-18-16(11)15(17)12-7-8-13(19-2)14(10-12)20-3/h5-10,15H,4,17H2,1-3H3. The van der Waals surface area contributed by atoms with Crippen molar-refractivity contribution in [1.29, 1.82) is 0 Å². The maximum Gasteiger partial charge on any atom is 0.161 e. The Hall–Kier alpha value is -2.07. The lowest BCUT2D eigenvalue weighted by molar-refractivity contribution is 0.354. The van der Waals surface area contributed by atoms with Gasteiger partial charge in [-0.25, -0.2) is 0 Å². The molecular weight excluding hydrogens is 252 g/mol. The molecule has 0 aliphatic carbocycles. The SMILES string of the molecule is CCc1cccnc1C(N)c1ccc(OC)c(OC)c1. The fourth-order valence-corrected chi connectivity index (χ4v) is 2.23. The van der Waals surface area contributed by atoms with Gasteiger partial charge in [-0.15, -0.1) is 0 Å². The summed E-state index contributed by atoms with van der Waals surface area (Å²) in [4.78, 5) is 4.43. The Labute approximate surface area is 119 Å². The second-order valence-electron chi connectivity index (χ2n) is 4.49. The Kier molecular flexibility index (Phi) is 4.58. The van der Waals surface area contributed by atoms with Crippen LogP contribution in [0.25, 0.3) is 0 Å². The Morgan fingerprint density at radius 3 is 2.55 bits per heavy atom. The van der Waals surface area contributed by atoms with Gasteiger partial charge >= 0.3 is 0 Å². The minimum Gasteiger partial charge on any atom is -0.493 e. The molecule has 0 aliphatic heterocycles. The molecule has 1 atom stereocenters. The summed E-state index contributed by atoms with van der Waals surface area (Å²) in [5, 5.41) is 0. The van der Waals surface area contributed by atoms with Crippen LogP contribution in [0.3, 0.4) is 0 Å². The van der Waals surface area contributed by atoms with E-state index in [2.05, 4.69) is 18.0 Å². The Morgan fingerprint density at radius 2 is 1.90 bits per heavy atom. The van der Waals surface area contributed by atoms with Crippen LogP contribution >= 0.6 is 0 Å². The molecule has 0 saturated heterocycles. The van der Waals surface area contributed by atoms with Crippen molar-refractivity contribution >= 4 is 0 Å². The van der Waals surface area contributed by atoms with E-state index in [1.165, 1.54) is 0 Å². The zero-order valence-corrected chi connectivity index (χ0v) is 12.1. The number of rotatable bonds is 5. The van der Waals surface area contributed by atoms with Crippen molar-refractivity contribution < 1.29 is 9.47 Å². The quantitative estimate of drug-likeness (QED) is 0.909. The highest BCUT2D eigenvalue weighted by Crippen LogP contribution is 2.31. The third-order valence-electron chi connectivity index (χ3n) is 3.37. The fraction of sp³-hybridized carbons (Fsp3) is 0.312. The van der Waals surface area contributed by atoms with Crippen LogP contribution in [0.1, 0.15) is 29.8 Å². The molecule has 106 valence electrons. The zero-order valence-electron chi connectivity index (χ0n) is 12.1. The Morgan fingerprint density at radius 1 is 1.15 bits per heavy atom. The summed E-state index contributed by atoms with van der Waals surface area (Å²) in [7, 11) is 3.23. The summed E-state index contributed by atoms with van der Waals surface area (Å²) in [6.07, 6.45) is 2.68. The molecule has 0 fully saturated rings. The molecule has 0 bridgehead atoms. The first-order valence-corrected chi connectivity index (χ1v) is 6.62. The lowest BCUT2D eigenvalue weighted by atomic mass is 9.98. The van der Waals surface area contributed by atoms with Gasteiger partial charge in [-0.3, -0.25) is 4.98 Å². The molecule has 4 heteroatoms. The number of pyridine rings is 1. The van der Waals surface area contributed by atoms with E-state index in [4.69, 9.17) is 15.2 Å². The number of ether oxygens (including phenoxy) is 2. The van der Waals surface area contributed by atoms with Crippen molar-refractivity contribution in [3.8, 4) is 11.5 Å². The van der Waals surface area contributed by atoms with Crippen LogP contribution in [0.5, 0.6) is 11.5 Å². The molecule has 4 nitrogen and oxygen atoms in total. The molecule has 0 aliphatic rings. The molecule has 2 rings (SSSR count). The number of nitrogens with two attached hydrogens (primary N) is 1. The second-order valence-corrected chi connectivity index (χ2v) is 4.49. The maximum absolute atomic E-state index is 6.35. The number of hydrogen-bond donors (Lipinski definition) is 1. The smallest absolute Gasteiger partial charge is 0.161 e. The first kappa shape index (κ1) is 14.3. The minimum atomic E-state index is -0.272. The fourth-order valence-electron chi connectivity index (χ4n) is 2.23. The molecule has 20 heavy (non-hydrogen) atoms. The van der Waals surface area contributed by atoms with Gasteiger partial charge in [0.25, 0.3) is 0 Å². The number of methoxy groups -OCH3 is 2. The normalized spacial score (nSPS) is 12.0. The highest BCUT2D eigenvalue weighted by molar-refractivity contribution is 5.45. The van der Waals surface area contributed by atoms with Crippen LogP contribution in [0, 0.1) is 0 Å². The van der Waals surface area contributed by atoms with Gasteiger partial charge in [0.1, 0.15) is 0 Å². The van der Waals surface area contributed by atoms with Crippen molar-refractivity contribution in [2.24, 2.45) is 5.73 Å². The Bertz CT molecular complexity index is 584. The third kappa shape index (κ3) is 2.75. The number of nitrogens with zero attached hydrogens (tertiary/aromatic N) is 1. The summed E-state index contributed by atoms with van der Waals surface area (Å²) >= 11 is 0. The van der Waals surface area contributed by atoms with Crippen LogP contribution in [0.15, 0.2) is 36.5 Å². The summed E-state index contributed by atoms with van der Waals surface area (Å²) in [6, 6.07) is 9.43. The molecule has 1 aromatic carbocycles. The van der Waals surface area contributed by atoms with Gasteiger partial charge in [-0.1, -0.05) is 19.1 Å². The van der Waals surface area contributed by atoms with Gasteiger partial charge in [0, 0.05) is 6.20 Å². The summed E-state index contributed by atoms with van der Waals surface area (Å²) in [6.45, 7) is 2.10. The molecule has 0 radical (unpaired) electrons. The monoisotopic (exact) mass is 272 g/mol. The topological polar surface area (TPSA) is 57.4 Å². The summed E-state index contributed by atoms with van der Waals surface area (Å²) in [5.74, 6) is 1.37. The van der Waals surface area contributed by atoms with E-state index in [-0.39, 0.29) is 6.04 Å². The number of hydrogen-bond acceptors (Lipinski definition) is 4. The first-order valence-electron chi connectivity index (χ1n) is 6.62. The number of benzene rings is 1. The predicted molar refractivity (Wildman–Crippen MR) is 79.2 cm³/mol. The molecule has 0 spiro atoms. The van der Waals surface area contributed by atoms with E-state index in [9.17, 15) is 0 Å². The summed E-state index contributed by atoms with van der Waals surface area (Å²) < 4.78 is 10.6. The van der Waals surface area contributed by atoms with Gasteiger partial charge in [0.15, 0.2) is 11.5 Å². The molecule has 2 N–H and O–H groups in total. The molecule has 1 aromatic heterocycles. The van der Waals surface area contributed by atoms with Crippen molar-refractivity contribution in [2.45, 2.75) is 19.4 Å². The van der Waals surface area contributed by atoms with E-state index >= 15 is 0 Å². The first-order chi connectivity index (χ1) is 9.71. The Balaban J connectivity index is 2.40. The van der Waals surface area contributed by atoms with E-state index in [1.807, 2.05) is 24.3 Å². The van der Waals surface area contributed by atoms with Gasteiger partial charge in [-0.2, -0.15) is 0 Å². The van der Waals surface area contributed by atoms with Crippen LogP contribution in [0.4, 0.5) is 0 Å². The van der Waals surface area contributed by atoms with E-state index in [0.717, 1.165) is 23.2 Å². The van der Waals surface area contributed by atoms with Gasteiger partial charge in [0.2, 0.25) is 0 Å². The van der Waals surface area contributed by atoms with E-state index in [0.29, 0.717) is 11.5 Å². The molecule has 1 heterocycles. The molecule has 1 unspecified atom stereocenters. The van der Waals surface area contributed by atoms with Gasteiger partial charge in [0.05, 0.1) is 26.0 Å². The van der Waals surface area contributed by atoms with Crippen molar-refractivity contribution in [3.63, 3.8) is 0 Å². The third-order valence-corrected chi connectivity index (χ3v) is 3.37. The largest absolute Gasteiger partial charge is 0.493 e. The minimum absolute atomic E-state index is 0.272. The van der Waals surface area contributed by atoms with Crippen molar-refractivity contribution in [2.75, 3.05) is 14.2 Å². The predicted octanol–water partition coefficient (Wildman–Crippen LogP) is 2.71. The molecular formula is C16H20N2O2. The average Bonchev–Trinajstić information content (AvgIpc) is 2.53. The van der Waals surface area contributed by atoms with Crippen molar-refractivity contribution in [3.05, 3.63) is 53.3 Å². The van der Waals surface area contributed by atoms with Crippen LogP contribution < -0.4 is 15.2 Å².